The number of ether oxygens (including phenoxy) is 2. The fourth-order valence-corrected chi connectivity index (χ4v) is 3.19. The Morgan fingerprint density at radius 1 is 1.00 bits per heavy atom. The Balaban J connectivity index is 1.57. The molecule has 1 N–H and O–H groups in total. The third-order valence-corrected chi connectivity index (χ3v) is 4.86. The highest BCUT2D eigenvalue weighted by atomic mass is 16.5. The van der Waals surface area contributed by atoms with Crippen molar-refractivity contribution in [3.05, 3.63) is 89.9 Å². The molecule has 0 radical (unpaired) electrons. The lowest BCUT2D eigenvalue weighted by molar-refractivity contribution is 0.0950. The number of carbonyl (C=O) groups excluding carboxylic acids is 1. The predicted octanol–water partition coefficient (Wildman–Crippen LogP) is 4.67. The maximum Gasteiger partial charge on any atom is 0.251 e. The van der Waals surface area contributed by atoms with E-state index in [2.05, 4.69) is 15.3 Å². The third-order valence-electron chi connectivity index (χ3n) is 4.86. The fraction of sp³-hybridized carbons (Fsp3) is 0.125. The van der Waals surface area contributed by atoms with Crippen molar-refractivity contribution in [3.8, 4) is 17.2 Å². The summed E-state index contributed by atoms with van der Waals surface area (Å²) >= 11 is 0. The van der Waals surface area contributed by atoms with E-state index >= 15 is 0 Å². The quantitative estimate of drug-likeness (QED) is 0.510. The molecule has 0 aliphatic heterocycles. The molecule has 0 atom stereocenters. The first-order valence-corrected chi connectivity index (χ1v) is 9.53. The van der Waals surface area contributed by atoms with E-state index in [1.807, 2.05) is 55.5 Å². The number of aromatic nitrogens is 2. The van der Waals surface area contributed by atoms with Gasteiger partial charge in [-0.3, -0.25) is 14.8 Å². The van der Waals surface area contributed by atoms with Crippen LogP contribution in [0.4, 0.5) is 0 Å². The average molecular weight is 399 g/mol. The molecule has 6 nitrogen and oxygen atoms in total. The lowest BCUT2D eigenvalue weighted by Gasteiger charge is -2.14. The Labute approximate surface area is 174 Å². The number of rotatable bonds is 6. The second-order valence-electron chi connectivity index (χ2n) is 6.76. The first kappa shape index (κ1) is 19.4. The van der Waals surface area contributed by atoms with Gasteiger partial charge in [0.15, 0.2) is 0 Å². The minimum Gasteiger partial charge on any atom is -0.497 e. The van der Waals surface area contributed by atoms with Crippen LogP contribution in [0.5, 0.6) is 17.2 Å². The molecule has 0 fully saturated rings. The maximum absolute atomic E-state index is 12.7. The summed E-state index contributed by atoms with van der Waals surface area (Å²) < 4.78 is 11.4. The number of pyridine rings is 2. The summed E-state index contributed by atoms with van der Waals surface area (Å²) in [6.07, 6.45) is 5.10. The lowest BCUT2D eigenvalue weighted by Crippen LogP contribution is -2.23. The molecule has 2 aromatic heterocycles. The Bertz CT molecular complexity index is 1190. The van der Waals surface area contributed by atoms with Crippen molar-refractivity contribution < 1.29 is 14.3 Å². The van der Waals surface area contributed by atoms with Gasteiger partial charge in [0.2, 0.25) is 0 Å². The van der Waals surface area contributed by atoms with E-state index in [1.54, 1.807) is 31.8 Å². The fourth-order valence-electron chi connectivity index (χ4n) is 3.19. The largest absolute Gasteiger partial charge is 0.497 e. The van der Waals surface area contributed by atoms with E-state index in [0.29, 0.717) is 23.6 Å². The summed E-state index contributed by atoms with van der Waals surface area (Å²) in [5.74, 6) is 1.87. The second kappa shape index (κ2) is 8.61. The molecule has 0 aliphatic carbocycles. The molecule has 4 rings (SSSR count). The van der Waals surface area contributed by atoms with E-state index in [1.165, 1.54) is 0 Å². The van der Waals surface area contributed by atoms with E-state index in [0.717, 1.165) is 27.8 Å². The minimum absolute atomic E-state index is 0.154. The zero-order chi connectivity index (χ0) is 20.9. The van der Waals surface area contributed by atoms with Gasteiger partial charge < -0.3 is 14.8 Å². The molecule has 2 heterocycles. The molecule has 0 unspecified atom stereocenters. The van der Waals surface area contributed by atoms with Crippen LogP contribution in [0.25, 0.3) is 10.9 Å². The number of benzene rings is 2. The number of methoxy groups -OCH3 is 1. The van der Waals surface area contributed by atoms with E-state index in [4.69, 9.17) is 9.47 Å². The molecule has 150 valence electrons. The molecule has 4 aromatic rings. The van der Waals surface area contributed by atoms with Gasteiger partial charge in [0.05, 0.1) is 12.6 Å². The molecule has 2 aromatic carbocycles. The number of hydrogen-bond acceptors (Lipinski definition) is 5. The number of carbonyl (C=O) groups is 1. The number of fused-ring (bicyclic) bond motifs is 1. The van der Waals surface area contributed by atoms with Gasteiger partial charge in [0.25, 0.3) is 5.91 Å². The summed E-state index contributed by atoms with van der Waals surface area (Å²) in [7, 11) is 1.62. The van der Waals surface area contributed by atoms with Crippen LogP contribution in [0.2, 0.25) is 0 Å². The van der Waals surface area contributed by atoms with Crippen LogP contribution in [0.3, 0.4) is 0 Å². The molecule has 6 heteroatoms. The van der Waals surface area contributed by atoms with Crippen molar-refractivity contribution in [1.82, 2.24) is 15.3 Å². The standard InChI is InChI=1S/C24H21N3O3/c1-16-19(24(28)27-15-17-8-11-25-12-9-17)4-3-5-22(16)30-23-10-13-26-21-14-18(29-2)6-7-20(21)23/h3-14H,15H2,1-2H3,(H,27,28). The zero-order valence-electron chi connectivity index (χ0n) is 16.8. The SMILES string of the molecule is COc1ccc2c(Oc3cccc(C(=O)NCc4ccncc4)c3C)ccnc2c1. The Morgan fingerprint density at radius 3 is 2.63 bits per heavy atom. The van der Waals surface area contributed by atoms with Crippen molar-refractivity contribution in [2.45, 2.75) is 13.5 Å². The van der Waals surface area contributed by atoms with E-state index in [-0.39, 0.29) is 5.91 Å². The monoisotopic (exact) mass is 399 g/mol. The summed E-state index contributed by atoms with van der Waals surface area (Å²) in [5, 5.41) is 3.81. The highest BCUT2D eigenvalue weighted by Gasteiger charge is 2.14. The van der Waals surface area contributed by atoms with Crippen molar-refractivity contribution >= 4 is 16.8 Å². The first-order chi connectivity index (χ1) is 14.7. The van der Waals surface area contributed by atoms with Gasteiger partial charge in [-0.25, -0.2) is 0 Å². The summed E-state index contributed by atoms with van der Waals surface area (Å²) in [6, 6.07) is 16.7. The summed E-state index contributed by atoms with van der Waals surface area (Å²) in [4.78, 5) is 21.1. The van der Waals surface area contributed by atoms with E-state index < -0.39 is 0 Å². The van der Waals surface area contributed by atoms with Gasteiger partial charge >= 0.3 is 0 Å². The second-order valence-corrected chi connectivity index (χ2v) is 6.76. The molecule has 0 saturated carbocycles. The Morgan fingerprint density at radius 2 is 1.83 bits per heavy atom. The Hall–Kier alpha value is -3.93. The van der Waals surface area contributed by atoms with Gasteiger partial charge in [-0.05, 0) is 55.0 Å². The average Bonchev–Trinajstić information content (AvgIpc) is 2.79. The van der Waals surface area contributed by atoms with Gasteiger partial charge in [0, 0.05) is 47.7 Å². The van der Waals surface area contributed by atoms with Crippen molar-refractivity contribution in [1.29, 1.82) is 0 Å². The maximum atomic E-state index is 12.7. The van der Waals surface area contributed by atoms with Crippen LogP contribution < -0.4 is 14.8 Å². The van der Waals surface area contributed by atoms with Crippen LogP contribution in [-0.2, 0) is 6.54 Å². The van der Waals surface area contributed by atoms with Crippen molar-refractivity contribution in [3.63, 3.8) is 0 Å². The Kier molecular flexibility index (Phi) is 5.57. The number of amides is 1. The lowest BCUT2D eigenvalue weighted by atomic mass is 10.1. The van der Waals surface area contributed by atoms with Gasteiger partial charge in [-0.2, -0.15) is 0 Å². The van der Waals surface area contributed by atoms with Crippen LogP contribution in [-0.4, -0.2) is 23.0 Å². The molecule has 0 bridgehead atoms. The van der Waals surface area contributed by atoms with Crippen molar-refractivity contribution in [2.75, 3.05) is 7.11 Å². The molecular formula is C24H21N3O3. The molecule has 30 heavy (non-hydrogen) atoms. The third kappa shape index (κ3) is 4.07. The first-order valence-electron chi connectivity index (χ1n) is 9.53. The van der Waals surface area contributed by atoms with Gasteiger partial charge in [0.1, 0.15) is 17.2 Å². The number of nitrogens with zero attached hydrogens (tertiary/aromatic N) is 2. The van der Waals surface area contributed by atoms with Crippen LogP contribution >= 0.6 is 0 Å². The topological polar surface area (TPSA) is 73.3 Å². The molecule has 0 aliphatic rings. The van der Waals surface area contributed by atoms with Crippen molar-refractivity contribution in [2.24, 2.45) is 0 Å². The smallest absolute Gasteiger partial charge is 0.251 e. The highest BCUT2D eigenvalue weighted by molar-refractivity contribution is 5.96. The normalized spacial score (nSPS) is 10.6. The molecule has 0 saturated heterocycles. The number of nitrogens with one attached hydrogen (secondary N) is 1. The zero-order valence-corrected chi connectivity index (χ0v) is 16.8. The minimum atomic E-state index is -0.154. The predicted molar refractivity (Wildman–Crippen MR) is 115 cm³/mol. The molecule has 1 amide bonds. The summed E-state index contributed by atoms with van der Waals surface area (Å²) in [5.41, 5.74) is 3.10. The van der Waals surface area contributed by atoms with E-state index in [9.17, 15) is 4.79 Å². The highest BCUT2D eigenvalue weighted by Crippen LogP contribution is 2.33. The van der Waals surface area contributed by atoms with Gasteiger partial charge in [-0.1, -0.05) is 6.07 Å². The van der Waals surface area contributed by atoms with Crippen LogP contribution in [0.1, 0.15) is 21.5 Å². The van der Waals surface area contributed by atoms with Crippen LogP contribution in [0.15, 0.2) is 73.2 Å². The summed E-state index contributed by atoms with van der Waals surface area (Å²) in [6.45, 7) is 2.31. The van der Waals surface area contributed by atoms with Crippen LogP contribution in [0, 0.1) is 6.92 Å². The molecular weight excluding hydrogens is 378 g/mol. The van der Waals surface area contributed by atoms with Gasteiger partial charge in [-0.15, -0.1) is 0 Å². The molecule has 0 spiro atoms. The number of hydrogen-bond donors (Lipinski definition) is 1.